The highest BCUT2D eigenvalue weighted by Gasteiger charge is 2.06. The van der Waals surface area contributed by atoms with Crippen LogP contribution in [0.4, 0.5) is 0 Å². The summed E-state index contributed by atoms with van der Waals surface area (Å²) < 4.78 is 0. The summed E-state index contributed by atoms with van der Waals surface area (Å²) in [7, 11) is 0. The first-order valence-electron chi connectivity index (χ1n) is 11.3. The summed E-state index contributed by atoms with van der Waals surface area (Å²) in [6.45, 7) is 9.33. The largest absolute Gasteiger partial charge is 0.0654 e. The summed E-state index contributed by atoms with van der Waals surface area (Å²) in [6.07, 6.45) is 19.0. The second kappa shape index (κ2) is 14.4. The summed E-state index contributed by atoms with van der Waals surface area (Å²) in [5.74, 6) is 0.876. The van der Waals surface area contributed by atoms with Gasteiger partial charge >= 0.3 is 0 Å². The zero-order chi connectivity index (χ0) is 18.3. The molecule has 1 aromatic rings. The first-order chi connectivity index (χ1) is 12.2. The summed E-state index contributed by atoms with van der Waals surface area (Å²) in [6, 6.07) is 7.31. The van der Waals surface area contributed by atoms with Crippen LogP contribution in [0.15, 0.2) is 18.2 Å². The lowest BCUT2D eigenvalue weighted by atomic mass is 9.92. The molecular formula is C25H44. The van der Waals surface area contributed by atoms with Gasteiger partial charge in [0.25, 0.3) is 0 Å². The fourth-order valence-electron chi connectivity index (χ4n) is 3.86. The Morgan fingerprint density at radius 1 is 0.640 bits per heavy atom. The maximum atomic E-state index is 2.51. The normalized spacial score (nSPS) is 12.5. The van der Waals surface area contributed by atoms with Crippen LogP contribution in [0.2, 0.25) is 0 Å². The predicted octanol–water partition coefficient (Wildman–Crippen LogP) is 8.30. The Labute approximate surface area is 158 Å². The SMILES string of the molecule is CCCCCCCCCC(C)CCc1ccc(CCC)c(CCC)c1. The average Bonchev–Trinajstić information content (AvgIpc) is 2.61. The van der Waals surface area contributed by atoms with E-state index in [-0.39, 0.29) is 0 Å². The Morgan fingerprint density at radius 2 is 1.28 bits per heavy atom. The van der Waals surface area contributed by atoms with Gasteiger partial charge < -0.3 is 0 Å². The van der Waals surface area contributed by atoms with Crippen molar-refractivity contribution in [2.45, 2.75) is 118 Å². The molecular weight excluding hydrogens is 300 g/mol. The number of aryl methyl sites for hydroxylation is 3. The second-order valence-corrected chi connectivity index (χ2v) is 8.16. The van der Waals surface area contributed by atoms with E-state index in [4.69, 9.17) is 0 Å². The molecule has 0 aliphatic rings. The molecule has 1 atom stereocenters. The fraction of sp³-hybridized carbons (Fsp3) is 0.760. The van der Waals surface area contributed by atoms with E-state index in [9.17, 15) is 0 Å². The lowest BCUT2D eigenvalue weighted by Crippen LogP contribution is -2.00. The van der Waals surface area contributed by atoms with E-state index in [0.717, 1.165) is 5.92 Å². The number of rotatable bonds is 15. The zero-order valence-electron chi connectivity index (χ0n) is 17.7. The van der Waals surface area contributed by atoms with E-state index in [1.165, 1.54) is 89.9 Å². The molecule has 1 unspecified atom stereocenters. The smallest absolute Gasteiger partial charge is 0.0276 e. The summed E-state index contributed by atoms with van der Waals surface area (Å²) in [4.78, 5) is 0. The molecule has 1 rings (SSSR count). The fourth-order valence-corrected chi connectivity index (χ4v) is 3.86. The molecule has 0 aromatic heterocycles. The van der Waals surface area contributed by atoms with E-state index in [0.29, 0.717) is 0 Å². The molecule has 0 heterocycles. The topological polar surface area (TPSA) is 0 Å². The summed E-state index contributed by atoms with van der Waals surface area (Å²) >= 11 is 0. The second-order valence-electron chi connectivity index (χ2n) is 8.16. The predicted molar refractivity (Wildman–Crippen MR) is 115 cm³/mol. The minimum Gasteiger partial charge on any atom is -0.0654 e. The van der Waals surface area contributed by atoms with Crippen molar-refractivity contribution < 1.29 is 0 Å². The highest BCUT2D eigenvalue weighted by molar-refractivity contribution is 5.32. The molecule has 0 bridgehead atoms. The van der Waals surface area contributed by atoms with E-state index >= 15 is 0 Å². The van der Waals surface area contributed by atoms with Crippen molar-refractivity contribution in [1.82, 2.24) is 0 Å². The molecule has 0 aliphatic carbocycles. The van der Waals surface area contributed by atoms with Crippen molar-refractivity contribution in [3.05, 3.63) is 34.9 Å². The Balaban J connectivity index is 2.28. The van der Waals surface area contributed by atoms with Gasteiger partial charge in [0, 0.05) is 0 Å². The molecule has 144 valence electrons. The van der Waals surface area contributed by atoms with Crippen molar-refractivity contribution in [2.75, 3.05) is 0 Å². The quantitative estimate of drug-likeness (QED) is 0.281. The first kappa shape index (κ1) is 22.3. The van der Waals surface area contributed by atoms with E-state index in [1.807, 2.05) is 0 Å². The molecule has 0 aliphatic heterocycles. The van der Waals surface area contributed by atoms with Crippen LogP contribution in [0.25, 0.3) is 0 Å². The number of hydrogen-bond donors (Lipinski definition) is 0. The van der Waals surface area contributed by atoms with Gasteiger partial charge in [0.1, 0.15) is 0 Å². The van der Waals surface area contributed by atoms with Crippen LogP contribution in [-0.2, 0) is 19.3 Å². The third kappa shape index (κ3) is 10.1. The van der Waals surface area contributed by atoms with Gasteiger partial charge in [-0.3, -0.25) is 0 Å². The Bertz CT molecular complexity index is 432. The monoisotopic (exact) mass is 344 g/mol. The van der Waals surface area contributed by atoms with Crippen LogP contribution in [0.5, 0.6) is 0 Å². The molecule has 0 spiro atoms. The van der Waals surface area contributed by atoms with Gasteiger partial charge in [0.05, 0.1) is 0 Å². The van der Waals surface area contributed by atoms with Crippen LogP contribution in [0.1, 0.15) is 115 Å². The van der Waals surface area contributed by atoms with Crippen LogP contribution in [0.3, 0.4) is 0 Å². The van der Waals surface area contributed by atoms with E-state index < -0.39 is 0 Å². The molecule has 0 radical (unpaired) electrons. The van der Waals surface area contributed by atoms with Crippen molar-refractivity contribution in [2.24, 2.45) is 5.92 Å². The number of benzene rings is 1. The highest BCUT2D eigenvalue weighted by atomic mass is 14.1. The summed E-state index contributed by atoms with van der Waals surface area (Å²) in [5, 5.41) is 0. The maximum Gasteiger partial charge on any atom is -0.0276 e. The molecule has 0 amide bonds. The molecule has 0 N–H and O–H groups in total. The first-order valence-corrected chi connectivity index (χ1v) is 11.3. The van der Waals surface area contributed by atoms with Crippen molar-refractivity contribution in [3.8, 4) is 0 Å². The average molecular weight is 345 g/mol. The van der Waals surface area contributed by atoms with Crippen molar-refractivity contribution in [3.63, 3.8) is 0 Å². The van der Waals surface area contributed by atoms with E-state index in [1.54, 1.807) is 16.7 Å². The molecule has 0 saturated heterocycles. The Hall–Kier alpha value is -0.780. The standard InChI is InChI=1S/C25H44/c1-5-8-9-10-11-12-13-16-22(4)17-18-23-19-20-24(14-6-2)25(21-23)15-7-3/h19-22H,5-18H2,1-4H3. The van der Waals surface area contributed by atoms with Crippen LogP contribution >= 0.6 is 0 Å². The minimum atomic E-state index is 0.876. The van der Waals surface area contributed by atoms with Gasteiger partial charge in [-0.05, 0) is 48.3 Å². The maximum absolute atomic E-state index is 2.51. The molecule has 0 saturated carbocycles. The van der Waals surface area contributed by atoms with E-state index in [2.05, 4.69) is 45.9 Å². The van der Waals surface area contributed by atoms with Gasteiger partial charge in [-0.15, -0.1) is 0 Å². The lowest BCUT2D eigenvalue weighted by Gasteiger charge is -2.14. The molecule has 25 heavy (non-hydrogen) atoms. The van der Waals surface area contributed by atoms with Crippen LogP contribution < -0.4 is 0 Å². The number of hydrogen-bond acceptors (Lipinski definition) is 0. The van der Waals surface area contributed by atoms with Gasteiger partial charge in [0.2, 0.25) is 0 Å². The molecule has 0 fully saturated rings. The van der Waals surface area contributed by atoms with Crippen molar-refractivity contribution in [1.29, 1.82) is 0 Å². The summed E-state index contributed by atoms with van der Waals surface area (Å²) in [5.41, 5.74) is 4.76. The van der Waals surface area contributed by atoms with Gasteiger partial charge in [-0.25, -0.2) is 0 Å². The van der Waals surface area contributed by atoms with Gasteiger partial charge in [-0.2, -0.15) is 0 Å². The third-order valence-corrected chi connectivity index (χ3v) is 5.54. The number of unbranched alkanes of at least 4 members (excludes halogenated alkanes) is 6. The van der Waals surface area contributed by atoms with Crippen LogP contribution in [0, 0.1) is 5.92 Å². The molecule has 1 aromatic carbocycles. The van der Waals surface area contributed by atoms with Gasteiger partial charge in [-0.1, -0.05) is 110 Å². The lowest BCUT2D eigenvalue weighted by molar-refractivity contribution is 0.455. The highest BCUT2D eigenvalue weighted by Crippen LogP contribution is 2.21. The molecule has 0 heteroatoms. The zero-order valence-corrected chi connectivity index (χ0v) is 17.7. The molecule has 0 nitrogen and oxygen atoms in total. The Kier molecular flexibility index (Phi) is 12.8. The minimum absolute atomic E-state index is 0.876. The van der Waals surface area contributed by atoms with Gasteiger partial charge in [0.15, 0.2) is 0 Å². The Morgan fingerprint density at radius 3 is 1.96 bits per heavy atom. The van der Waals surface area contributed by atoms with Crippen molar-refractivity contribution >= 4 is 0 Å². The third-order valence-electron chi connectivity index (χ3n) is 5.54. The van der Waals surface area contributed by atoms with Crippen LogP contribution in [-0.4, -0.2) is 0 Å².